The maximum Gasteiger partial charge on any atom is 0.306 e. The van der Waals surface area contributed by atoms with E-state index in [9.17, 15) is 14.4 Å². The standard InChI is InChI=1S/C74H124O6/c1-4-7-10-13-16-19-22-25-28-30-32-33-34-35-36-37-38-39-40-41-42-44-46-49-52-55-58-61-64-67-73(76)79-70-71(69-78-72(75)66-63-60-57-54-51-48-45-27-24-21-18-15-12-9-6-3)80-74(77)68-65-62-59-56-53-50-47-43-31-29-26-23-20-17-14-11-8-5-2/h7,9-10,12,16,18-19,21,25,27-29,31-33,35-36,38-39,45,71H,4-6,8,11,13-15,17,20,22-24,26,30,34,37,40-44,46-70H2,1-3H3/b10-7-,12-9-,19-16-,21-18-,28-25-,31-29-,33-32-,36-35-,39-38-,45-27-. The third-order valence-electron chi connectivity index (χ3n) is 14.2. The summed E-state index contributed by atoms with van der Waals surface area (Å²) in [5, 5.41) is 0. The second-order valence-corrected chi connectivity index (χ2v) is 22.0. The zero-order valence-electron chi connectivity index (χ0n) is 52.3. The van der Waals surface area contributed by atoms with E-state index >= 15 is 0 Å². The van der Waals surface area contributed by atoms with Gasteiger partial charge in [-0.25, -0.2) is 0 Å². The number of unbranched alkanes of at least 4 members (excludes halogenated alkanes) is 29. The lowest BCUT2D eigenvalue weighted by molar-refractivity contribution is -0.167. The highest BCUT2D eigenvalue weighted by Gasteiger charge is 2.19. The summed E-state index contributed by atoms with van der Waals surface area (Å²) in [6.07, 6.45) is 93.5. The molecule has 1 atom stereocenters. The van der Waals surface area contributed by atoms with E-state index in [0.717, 1.165) is 135 Å². The van der Waals surface area contributed by atoms with Crippen LogP contribution in [-0.4, -0.2) is 37.2 Å². The van der Waals surface area contributed by atoms with Crippen LogP contribution < -0.4 is 0 Å². The summed E-state index contributed by atoms with van der Waals surface area (Å²) < 4.78 is 16.9. The highest BCUT2D eigenvalue weighted by Crippen LogP contribution is 2.16. The molecule has 0 spiro atoms. The Kier molecular flexibility index (Phi) is 63.8. The Morgan fingerprint density at radius 1 is 0.263 bits per heavy atom. The van der Waals surface area contributed by atoms with Crippen LogP contribution in [0.4, 0.5) is 0 Å². The SMILES string of the molecule is CC/C=C\C/C=C\C/C=C\C/C=C\C/C=C\C/C=C\CCCCCCCCCCCCC(=O)OCC(COC(=O)CCCCCCC/C=C\C/C=C\C/C=C\CC)OC(=O)CCCCCCCCC/C=C\CCCCCCCCC. The molecule has 0 aromatic rings. The Morgan fingerprint density at radius 3 is 0.775 bits per heavy atom. The van der Waals surface area contributed by atoms with E-state index < -0.39 is 6.10 Å². The molecule has 0 radical (unpaired) electrons. The highest BCUT2D eigenvalue weighted by atomic mass is 16.6. The number of rotatable bonds is 60. The van der Waals surface area contributed by atoms with E-state index in [0.29, 0.717) is 19.3 Å². The van der Waals surface area contributed by atoms with Crippen LogP contribution in [0.1, 0.15) is 310 Å². The molecular weight excluding hydrogens is 985 g/mol. The van der Waals surface area contributed by atoms with E-state index in [1.165, 1.54) is 135 Å². The first-order valence-electron chi connectivity index (χ1n) is 33.5. The Hall–Kier alpha value is -4.19. The molecule has 0 aliphatic heterocycles. The van der Waals surface area contributed by atoms with Crippen LogP contribution >= 0.6 is 0 Å². The minimum atomic E-state index is -0.793. The molecule has 0 saturated carbocycles. The molecule has 0 fully saturated rings. The summed E-state index contributed by atoms with van der Waals surface area (Å²) in [5.41, 5.74) is 0. The molecule has 6 heteroatoms. The molecule has 0 rings (SSSR count). The van der Waals surface area contributed by atoms with E-state index in [1.54, 1.807) is 0 Å². The second-order valence-electron chi connectivity index (χ2n) is 22.0. The summed E-state index contributed by atoms with van der Waals surface area (Å²) in [6.45, 7) is 6.41. The molecule has 0 amide bonds. The molecule has 80 heavy (non-hydrogen) atoms. The molecule has 0 aliphatic carbocycles. The van der Waals surface area contributed by atoms with Gasteiger partial charge in [0.05, 0.1) is 0 Å². The fraction of sp³-hybridized carbons (Fsp3) is 0.689. The van der Waals surface area contributed by atoms with Crippen molar-refractivity contribution in [2.24, 2.45) is 0 Å². The molecule has 0 saturated heterocycles. The third kappa shape index (κ3) is 64.6. The molecule has 0 aromatic carbocycles. The van der Waals surface area contributed by atoms with Crippen molar-refractivity contribution >= 4 is 17.9 Å². The van der Waals surface area contributed by atoms with Gasteiger partial charge in [0.2, 0.25) is 0 Å². The van der Waals surface area contributed by atoms with Crippen LogP contribution in [0.25, 0.3) is 0 Å². The zero-order chi connectivity index (χ0) is 57.8. The van der Waals surface area contributed by atoms with Crippen molar-refractivity contribution in [3.05, 3.63) is 122 Å². The molecular formula is C74H124O6. The second kappa shape index (κ2) is 67.3. The van der Waals surface area contributed by atoms with Gasteiger partial charge in [0.15, 0.2) is 6.10 Å². The maximum atomic E-state index is 12.9. The van der Waals surface area contributed by atoms with Crippen LogP contribution in [0, 0.1) is 0 Å². The minimum absolute atomic E-state index is 0.0887. The van der Waals surface area contributed by atoms with Crippen molar-refractivity contribution in [1.29, 1.82) is 0 Å². The Balaban J connectivity index is 4.34. The van der Waals surface area contributed by atoms with Crippen molar-refractivity contribution in [1.82, 2.24) is 0 Å². The van der Waals surface area contributed by atoms with Gasteiger partial charge < -0.3 is 14.2 Å². The molecule has 0 aliphatic rings. The van der Waals surface area contributed by atoms with Crippen molar-refractivity contribution in [3.8, 4) is 0 Å². The number of hydrogen-bond donors (Lipinski definition) is 0. The summed E-state index contributed by atoms with van der Waals surface area (Å²) >= 11 is 0. The first-order chi connectivity index (χ1) is 39.5. The summed E-state index contributed by atoms with van der Waals surface area (Å²) in [5.74, 6) is -0.906. The first kappa shape index (κ1) is 75.8. The largest absolute Gasteiger partial charge is 0.462 e. The quantitative estimate of drug-likeness (QED) is 0.0261. The van der Waals surface area contributed by atoms with Gasteiger partial charge in [-0.05, 0) is 128 Å². The first-order valence-corrected chi connectivity index (χ1v) is 33.5. The van der Waals surface area contributed by atoms with Gasteiger partial charge >= 0.3 is 17.9 Å². The maximum absolute atomic E-state index is 12.9. The van der Waals surface area contributed by atoms with Crippen molar-refractivity contribution in [3.63, 3.8) is 0 Å². The topological polar surface area (TPSA) is 78.9 Å². The van der Waals surface area contributed by atoms with Gasteiger partial charge in [0, 0.05) is 19.3 Å². The normalized spacial score (nSPS) is 12.9. The van der Waals surface area contributed by atoms with E-state index in [1.807, 2.05) is 0 Å². The molecule has 0 N–H and O–H groups in total. The predicted molar refractivity (Wildman–Crippen MR) is 348 cm³/mol. The number of carbonyl (C=O) groups is 3. The summed E-state index contributed by atoms with van der Waals surface area (Å²) in [7, 11) is 0. The van der Waals surface area contributed by atoms with E-state index in [2.05, 4.69) is 142 Å². The molecule has 1 unspecified atom stereocenters. The lowest BCUT2D eigenvalue weighted by atomic mass is 10.1. The van der Waals surface area contributed by atoms with Gasteiger partial charge in [-0.2, -0.15) is 0 Å². The van der Waals surface area contributed by atoms with E-state index in [4.69, 9.17) is 14.2 Å². The third-order valence-corrected chi connectivity index (χ3v) is 14.2. The van der Waals surface area contributed by atoms with Crippen LogP contribution in [-0.2, 0) is 28.6 Å². The van der Waals surface area contributed by atoms with Crippen LogP contribution in [0.5, 0.6) is 0 Å². The molecule has 0 aromatic heterocycles. The minimum Gasteiger partial charge on any atom is -0.462 e. The summed E-state index contributed by atoms with van der Waals surface area (Å²) in [4.78, 5) is 38.4. The lowest BCUT2D eigenvalue weighted by Crippen LogP contribution is -2.30. The summed E-state index contributed by atoms with van der Waals surface area (Å²) in [6, 6.07) is 0. The number of ether oxygens (including phenoxy) is 3. The Bertz CT molecular complexity index is 1650. The van der Waals surface area contributed by atoms with Crippen LogP contribution in [0.15, 0.2) is 122 Å². The van der Waals surface area contributed by atoms with Gasteiger partial charge in [-0.15, -0.1) is 0 Å². The number of carbonyl (C=O) groups excluding carboxylic acids is 3. The average molecular weight is 1110 g/mol. The Labute approximate surface area is 494 Å². The van der Waals surface area contributed by atoms with Crippen LogP contribution in [0.3, 0.4) is 0 Å². The van der Waals surface area contributed by atoms with Crippen LogP contribution in [0.2, 0.25) is 0 Å². The van der Waals surface area contributed by atoms with Gasteiger partial charge in [0.1, 0.15) is 13.2 Å². The fourth-order valence-corrected chi connectivity index (χ4v) is 9.22. The van der Waals surface area contributed by atoms with E-state index in [-0.39, 0.29) is 31.1 Å². The number of hydrogen-bond acceptors (Lipinski definition) is 6. The number of esters is 3. The molecule has 6 nitrogen and oxygen atoms in total. The highest BCUT2D eigenvalue weighted by molar-refractivity contribution is 5.71. The van der Waals surface area contributed by atoms with Crippen molar-refractivity contribution in [2.45, 2.75) is 316 Å². The van der Waals surface area contributed by atoms with Crippen molar-refractivity contribution in [2.75, 3.05) is 13.2 Å². The molecule has 456 valence electrons. The predicted octanol–water partition coefficient (Wildman–Crippen LogP) is 23.2. The van der Waals surface area contributed by atoms with Crippen molar-refractivity contribution < 1.29 is 28.6 Å². The lowest BCUT2D eigenvalue weighted by Gasteiger charge is -2.18. The monoisotopic (exact) mass is 1110 g/mol. The van der Waals surface area contributed by atoms with Gasteiger partial charge in [-0.3, -0.25) is 14.4 Å². The number of allylic oxidation sites excluding steroid dienone is 20. The molecule has 0 heterocycles. The zero-order valence-corrected chi connectivity index (χ0v) is 52.3. The fourth-order valence-electron chi connectivity index (χ4n) is 9.22. The van der Waals surface area contributed by atoms with Gasteiger partial charge in [0.25, 0.3) is 0 Å². The average Bonchev–Trinajstić information content (AvgIpc) is 3.46. The Morgan fingerprint density at radius 2 is 0.487 bits per heavy atom. The van der Waals surface area contributed by atoms with Gasteiger partial charge in [-0.1, -0.05) is 284 Å². The molecule has 0 bridgehead atoms. The smallest absolute Gasteiger partial charge is 0.306 e.